The predicted molar refractivity (Wildman–Crippen MR) is 110 cm³/mol. The molecule has 0 saturated carbocycles. The highest BCUT2D eigenvalue weighted by Gasteiger charge is 2.05. The second kappa shape index (κ2) is 10.9. The fraction of sp³-hybridized carbons (Fsp3) is 0.304. The molecule has 0 atom stereocenters. The van der Waals surface area contributed by atoms with Crippen LogP contribution in [0, 0.1) is 0 Å². The van der Waals surface area contributed by atoms with Crippen molar-refractivity contribution in [3.63, 3.8) is 0 Å². The van der Waals surface area contributed by atoms with Gasteiger partial charge in [0.05, 0.1) is 7.11 Å². The number of esters is 1. The van der Waals surface area contributed by atoms with Crippen LogP contribution in [-0.4, -0.2) is 32.1 Å². The summed E-state index contributed by atoms with van der Waals surface area (Å²) in [6.45, 7) is 4.51. The van der Waals surface area contributed by atoms with E-state index < -0.39 is 5.97 Å². The number of hydrogen-bond donors (Lipinski definition) is 1. The zero-order valence-corrected chi connectivity index (χ0v) is 16.6. The van der Waals surface area contributed by atoms with Gasteiger partial charge < -0.3 is 14.8 Å². The molecule has 0 saturated heterocycles. The Morgan fingerprint density at radius 3 is 2.54 bits per heavy atom. The van der Waals surface area contributed by atoms with E-state index in [1.807, 2.05) is 18.2 Å². The molecule has 5 heteroatoms. The van der Waals surface area contributed by atoms with E-state index in [0.717, 1.165) is 17.5 Å². The Morgan fingerprint density at radius 1 is 1.11 bits per heavy atom. The van der Waals surface area contributed by atoms with Crippen LogP contribution in [0.15, 0.2) is 54.6 Å². The average Bonchev–Trinajstić information content (AvgIpc) is 2.71. The molecule has 1 amide bonds. The summed E-state index contributed by atoms with van der Waals surface area (Å²) in [4.78, 5) is 23.5. The van der Waals surface area contributed by atoms with Crippen LogP contribution < -0.4 is 10.1 Å². The van der Waals surface area contributed by atoms with Crippen LogP contribution in [-0.2, 0) is 20.7 Å². The number of hydrogen-bond acceptors (Lipinski definition) is 4. The Labute approximate surface area is 166 Å². The Balaban J connectivity index is 1.68. The van der Waals surface area contributed by atoms with E-state index in [9.17, 15) is 9.59 Å². The van der Waals surface area contributed by atoms with Gasteiger partial charge in [-0.25, -0.2) is 4.79 Å². The van der Waals surface area contributed by atoms with Crippen LogP contribution in [0.5, 0.6) is 5.75 Å². The topological polar surface area (TPSA) is 64.6 Å². The van der Waals surface area contributed by atoms with E-state index in [1.54, 1.807) is 19.3 Å². The second-order valence-electron chi connectivity index (χ2n) is 6.71. The van der Waals surface area contributed by atoms with Gasteiger partial charge in [0.15, 0.2) is 6.61 Å². The fourth-order valence-electron chi connectivity index (χ4n) is 2.56. The lowest BCUT2D eigenvalue weighted by molar-refractivity contribution is -0.143. The van der Waals surface area contributed by atoms with E-state index in [-0.39, 0.29) is 12.5 Å². The maximum absolute atomic E-state index is 11.8. The van der Waals surface area contributed by atoms with Crippen molar-refractivity contribution in [1.82, 2.24) is 5.32 Å². The lowest BCUT2D eigenvalue weighted by Gasteiger charge is -2.08. The summed E-state index contributed by atoms with van der Waals surface area (Å²) >= 11 is 0. The van der Waals surface area contributed by atoms with E-state index in [0.29, 0.717) is 18.2 Å². The molecule has 0 radical (unpaired) electrons. The fourth-order valence-corrected chi connectivity index (χ4v) is 2.56. The second-order valence-corrected chi connectivity index (χ2v) is 6.71. The molecule has 1 N–H and O–H groups in total. The highest BCUT2D eigenvalue weighted by Crippen LogP contribution is 2.15. The Morgan fingerprint density at radius 2 is 1.86 bits per heavy atom. The molecule has 0 spiro atoms. The molecule has 28 heavy (non-hydrogen) atoms. The van der Waals surface area contributed by atoms with Gasteiger partial charge in [0.1, 0.15) is 5.75 Å². The van der Waals surface area contributed by atoms with E-state index >= 15 is 0 Å². The molecule has 0 bridgehead atoms. The number of carbonyl (C=O) groups excluding carboxylic acids is 2. The van der Waals surface area contributed by atoms with Crippen molar-refractivity contribution in [3.05, 3.63) is 71.3 Å². The minimum absolute atomic E-state index is 0.298. The van der Waals surface area contributed by atoms with E-state index in [1.165, 1.54) is 11.6 Å². The zero-order chi connectivity index (χ0) is 20.4. The molecule has 148 valence electrons. The van der Waals surface area contributed by atoms with Crippen molar-refractivity contribution in [3.8, 4) is 5.75 Å². The summed E-state index contributed by atoms with van der Waals surface area (Å²) in [5.74, 6) is 0.319. The Hall–Kier alpha value is -3.08. The molecule has 0 unspecified atom stereocenters. The number of rotatable bonds is 9. The SMILES string of the molecule is COc1cccc(/C=C/C(=O)OCC(=O)NCCc2ccc(C(C)C)cc2)c1. The first-order valence-corrected chi connectivity index (χ1v) is 9.32. The summed E-state index contributed by atoms with van der Waals surface area (Å²) < 4.78 is 10.1. The molecule has 0 aromatic heterocycles. The normalized spacial score (nSPS) is 10.9. The Bertz CT molecular complexity index is 810. The number of carbonyl (C=O) groups is 2. The van der Waals surface area contributed by atoms with Crippen molar-refractivity contribution in [2.24, 2.45) is 0 Å². The molecule has 0 aliphatic rings. The van der Waals surface area contributed by atoms with Gasteiger partial charge in [-0.05, 0) is 47.2 Å². The summed E-state index contributed by atoms with van der Waals surface area (Å²) in [5, 5.41) is 2.76. The smallest absolute Gasteiger partial charge is 0.331 e. The highest BCUT2D eigenvalue weighted by molar-refractivity contribution is 5.89. The van der Waals surface area contributed by atoms with Crippen molar-refractivity contribution < 1.29 is 19.1 Å². The van der Waals surface area contributed by atoms with Gasteiger partial charge in [0, 0.05) is 12.6 Å². The standard InChI is InChI=1S/C23H27NO4/c1-17(2)20-10-7-18(8-11-20)13-14-24-22(25)16-28-23(26)12-9-19-5-4-6-21(15-19)27-3/h4-12,15,17H,13-14,16H2,1-3H3,(H,24,25)/b12-9+. The van der Waals surface area contributed by atoms with Crippen LogP contribution in [0.25, 0.3) is 6.08 Å². The van der Waals surface area contributed by atoms with Crippen molar-refractivity contribution in [2.75, 3.05) is 20.3 Å². The predicted octanol–water partition coefficient (Wildman–Crippen LogP) is 3.73. The van der Waals surface area contributed by atoms with Crippen LogP contribution in [0.2, 0.25) is 0 Å². The molecule has 0 fully saturated rings. The van der Waals surface area contributed by atoms with Crippen LogP contribution in [0.4, 0.5) is 0 Å². The molecular weight excluding hydrogens is 354 g/mol. The first-order valence-electron chi connectivity index (χ1n) is 9.32. The molecule has 2 aromatic carbocycles. The summed E-state index contributed by atoms with van der Waals surface area (Å²) in [7, 11) is 1.58. The third-order valence-electron chi connectivity index (χ3n) is 4.23. The summed E-state index contributed by atoms with van der Waals surface area (Å²) in [6.07, 6.45) is 3.63. The molecule has 0 aliphatic heterocycles. The van der Waals surface area contributed by atoms with E-state index in [4.69, 9.17) is 9.47 Å². The number of methoxy groups -OCH3 is 1. The molecule has 0 aliphatic carbocycles. The lowest BCUT2D eigenvalue weighted by atomic mass is 10.0. The highest BCUT2D eigenvalue weighted by atomic mass is 16.5. The van der Waals surface area contributed by atoms with E-state index in [2.05, 4.69) is 43.4 Å². The number of nitrogens with one attached hydrogen (secondary N) is 1. The van der Waals surface area contributed by atoms with Gasteiger partial charge in [0.25, 0.3) is 5.91 Å². The summed E-state index contributed by atoms with van der Waals surface area (Å²) in [6, 6.07) is 15.6. The molecular formula is C23H27NO4. The van der Waals surface area contributed by atoms with Crippen molar-refractivity contribution >= 4 is 18.0 Å². The number of ether oxygens (including phenoxy) is 2. The first-order chi connectivity index (χ1) is 13.5. The molecule has 2 rings (SSSR count). The molecule has 0 heterocycles. The monoisotopic (exact) mass is 381 g/mol. The summed E-state index contributed by atoms with van der Waals surface area (Å²) in [5.41, 5.74) is 3.26. The van der Waals surface area contributed by atoms with Gasteiger partial charge in [0.2, 0.25) is 0 Å². The largest absolute Gasteiger partial charge is 0.497 e. The lowest BCUT2D eigenvalue weighted by Crippen LogP contribution is -2.30. The third-order valence-corrected chi connectivity index (χ3v) is 4.23. The number of amides is 1. The molecule has 5 nitrogen and oxygen atoms in total. The van der Waals surface area contributed by atoms with Crippen molar-refractivity contribution in [1.29, 1.82) is 0 Å². The Kier molecular flexibility index (Phi) is 8.28. The van der Waals surface area contributed by atoms with Crippen LogP contribution >= 0.6 is 0 Å². The van der Waals surface area contributed by atoms with Gasteiger partial charge >= 0.3 is 5.97 Å². The van der Waals surface area contributed by atoms with Gasteiger partial charge in [-0.2, -0.15) is 0 Å². The van der Waals surface area contributed by atoms with Gasteiger partial charge in [-0.1, -0.05) is 50.2 Å². The van der Waals surface area contributed by atoms with Crippen LogP contribution in [0.1, 0.15) is 36.5 Å². The van der Waals surface area contributed by atoms with Crippen LogP contribution in [0.3, 0.4) is 0 Å². The first kappa shape index (κ1) is 21.2. The third kappa shape index (κ3) is 7.27. The van der Waals surface area contributed by atoms with Crippen molar-refractivity contribution in [2.45, 2.75) is 26.2 Å². The van der Waals surface area contributed by atoms with Gasteiger partial charge in [-0.3, -0.25) is 4.79 Å². The zero-order valence-electron chi connectivity index (χ0n) is 16.6. The van der Waals surface area contributed by atoms with Gasteiger partial charge in [-0.15, -0.1) is 0 Å². The minimum atomic E-state index is -0.567. The quantitative estimate of drug-likeness (QED) is 0.531. The maximum atomic E-state index is 11.8. The number of benzene rings is 2. The molecule has 2 aromatic rings. The minimum Gasteiger partial charge on any atom is -0.497 e. The average molecular weight is 381 g/mol. The maximum Gasteiger partial charge on any atom is 0.331 e.